The Balaban J connectivity index is 1.76. The number of thiocarbonyl (C=S) groups is 1. The molecular weight excluding hydrogens is 314 g/mol. The molecule has 0 unspecified atom stereocenters. The van der Waals surface area contributed by atoms with Crippen molar-refractivity contribution in [2.45, 2.75) is 26.7 Å². The Morgan fingerprint density at radius 2 is 2.25 bits per heavy atom. The second-order valence-electron chi connectivity index (χ2n) is 6.44. The molecule has 3 nitrogen and oxygen atoms in total. The maximum Gasteiger partial charge on any atom is 0.169 e. The molecule has 0 atom stereocenters. The normalized spacial score (nSPS) is 14.6. The Morgan fingerprint density at radius 1 is 1.42 bits per heavy atom. The third kappa shape index (κ3) is 3.39. The Morgan fingerprint density at radius 3 is 2.92 bits per heavy atom. The van der Waals surface area contributed by atoms with Crippen molar-refractivity contribution in [2.24, 2.45) is 0 Å². The maximum atomic E-state index is 5.48. The lowest BCUT2D eigenvalue weighted by Gasteiger charge is -2.29. The first kappa shape index (κ1) is 16.8. The predicted octanol–water partition coefficient (Wildman–Crippen LogP) is 4.27. The van der Waals surface area contributed by atoms with E-state index in [0.717, 1.165) is 43.2 Å². The van der Waals surface area contributed by atoms with Gasteiger partial charge in [0.2, 0.25) is 0 Å². The molecule has 1 aromatic carbocycles. The van der Waals surface area contributed by atoms with Gasteiger partial charge in [-0.2, -0.15) is 0 Å². The van der Waals surface area contributed by atoms with Crippen molar-refractivity contribution in [3.05, 3.63) is 53.8 Å². The molecule has 0 bridgehead atoms. The monoisotopic (exact) mass is 339 g/mol. The van der Waals surface area contributed by atoms with Crippen molar-refractivity contribution < 1.29 is 0 Å². The van der Waals surface area contributed by atoms with E-state index in [1.54, 1.807) is 0 Å². The third-order valence-electron chi connectivity index (χ3n) is 4.57. The van der Waals surface area contributed by atoms with Gasteiger partial charge in [0.25, 0.3) is 0 Å². The number of hydrogen-bond acceptors (Lipinski definition) is 1. The third-order valence-corrected chi connectivity index (χ3v) is 4.97. The second kappa shape index (κ2) is 7.22. The predicted molar refractivity (Wildman–Crippen MR) is 107 cm³/mol. The fourth-order valence-electron chi connectivity index (χ4n) is 3.21. The highest BCUT2D eigenvalue weighted by atomic mass is 32.1. The van der Waals surface area contributed by atoms with Gasteiger partial charge in [-0.15, -0.1) is 0 Å². The molecule has 2 aromatic rings. The molecule has 2 heterocycles. The maximum absolute atomic E-state index is 5.48. The molecule has 0 amide bonds. The van der Waals surface area contributed by atoms with Crippen molar-refractivity contribution in [1.82, 2.24) is 15.2 Å². The van der Waals surface area contributed by atoms with Gasteiger partial charge in [-0.05, 0) is 43.1 Å². The summed E-state index contributed by atoms with van der Waals surface area (Å²) in [5, 5.41) is 5.42. The topological polar surface area (TPSA) is 31.1 Å². The summed E-state index contributed by atoms with van der Waals surface area (Å²) >= 11 is 5.48. The van der Waals surface area contributed by atoms with Gasteiger partial charge in [0, 0.05) is 42.3 Å². The number of nitrogens with zero attached hydrogens (tertiary/aromatic N) is 1. The lowest BCUT2D eigenvalue weighted by atomic mass is 9.98. The largest absolute Gasteiger partial charge is 0.360 e. The van der Waals surface area contributed by atoms with Crippen molar-refractivity contribution in [1.29, 1.82) is 0 Å². The molecule has 0 spiro atoms. The molecule has 4 heteroatoms. The molecule has 0 saturated carbocycles. The van der Waals surface area contributed by atoms with Crippen molar-refractivity contribution in [3.8, 4) is 0 Å². The summed E-state index contributed by atoms with van der Waals surface area (Å²) in [5.74, 6) is 0. The van der Waals surface area contributed by atoms with Crippen LogP contribution in [0.5, 0.6) is 0 Å². The van der Waals surface area contributed by atoms with E-state index in [1.165, 1.54) is 27.6 Å². The van der Waals surface area contributed by atoms with Crippen LogP contribution in [0.15, 0.2) is 42.6 Å². The Kier molecular flexibility index (Phi) is 5.05. The van der Waals surface area contributed by atoms with Crippen LogP contribution < -0.4 is 5.32 Å². The molecule has 2 N–H and O–H groups in total. The Bertz CT molecular complexity index is 800. The second-order valence-corrected chi connectivity index (χ2v) is 6.82. The number of aryl methyl sites for hydroxylation is 1. The number of para-hydroxylation sites is 1. The molecule has 1 aromatic heterocycles. The molecule has 3 rings (SSSR count). The first-order valence-electron chi connectivity index (χ1n) is 8.55. The highest BCUT2D eigenvalue weighted by Crippen LogP contribution is 2.30. The molecule has 0 saturated heterocycles. The standard InChI is InChI=1S/C20H25N3S/c1-4-15-6-5-7-17-18(13-21-19(15)17)16-8-10-23(11-9-16)20(24)22-12-14(2)3/h5-8,13,21H,2,4,9-12H2,1,3H3,(H,22,24). The molecule has 0 fully saturated rings. The van der Waals surface area contributed by atoms with Crippen LogP contribution in [-0.4, -0.2) is 34.6 Å². The van der Waals surface area contributed by atoms with E-state index in [4.69, 9.17) is 12.2 Å². The van der Waals surface area contributed by atoms with Gasteiger partial charge in [0.1, 0.15) is 0 Å². The highest BCUT2D eigenvalue weighted by Gasteiger charge is 2.17. The van der Waals surface area contributed by atoms with Gasteiger partial charge in [-0.25, -0.2) is 0 Å². The van der Waals surface area contributed by atoms with Crippen LogP contribution in [0.2, 0.25) is 0 Å². The summed E-state index contributed by atoms with van der Waals surface area (Å²) < 4.78 is 0. The number of benzene rings is 1. The number of aromatic amines is 1. The van der Waals surface area contributed by atoms with E-state index < -0.39 is 0 Å². The molecule has 126 valence electrons. The molecule has 1 aliphatic rings. The zero-order valence-electron chi connectivity index (χ0n) is 14.5. The van der Waals surface area contributed by atoms with Gasteiger partial charge in [0.05, 0.1) is 0 Å². The van der Waals surface area contributed by atoms with Crippen LogP contribution in [0.3, 0.4) is 0 Å². The van der Waals surface area contributed by atoms with Crippen LogP contribution in [-0.2, 0) is 6.42 Å². The van der Waals surface area contributed by atoms with E-state index in [9.17, 15) is 0 Å². The minimum Gasteiger partial charge on any atom is -0.360 e. The smallest absolute Gasteiger partial charge is 0.169 e. The van der Waals surface area contributed by atoms with Crippen LogP contribution in [0.1, 0.15) is 31.4 Å². The summed E-state index contributed by atoms with van der Waals surface area (Å²) in [6.45, 7) is 10.7. The molecular formula is C20H25N3S. The molecule has 24 heavy (non-hydrogen) atoms. The average Bonchev–Trinajstić information content (AvgIpc) is 3.03. The van der Waals surface area contributed by atoms with E-state index in [0.29, 0.717) is 0 Å². The Hall–Kier alpha value is -2.07. The fraction of sp³-hybridized carbons (Fsp3) is 0.350. The lowest BCUT2D eigenvalue weighted by molar-refractivity contribution is 0.452. The van der Waals surface area contributed by atoms with Gasteiger partial charge in [0.15, 0.2) is 5.11 Å². The van der Waals surface area contributed by atoms with Crippen molar-refractivity contribution in [2.75, 3.05) is 19.6 Å². The molecule has 0 radical (unpaired) electrons. The first-order valence-corrected chi connectivity index (χ1v) is 8.96. The van der Waals surface area contributed by atoms with Crippen LogP contribution >= 0.6 is 12.2 Å². The fourth-order valence-corrected chi connectivity index (χ4v) is 3.45. The molecule has 1 aliphatic heterocycles. The number of fused-ring (bicyclic) bond motifs is 1. The van der Waals surface area contributed by atoms with E-state index in [-0.39, 0.29) is 0 Å². The first-order chi connectivity index (χ1) is 11.6. The number of hydrogen-bond donors (Lipinski definition) is 2. The van der Waals surface area contributed by atoms with Gasteiger partial charge < -0.3 is 15.2 Å². The number of rotatable bonds is 4. The van der Waals surface area contributed by atoms with Crippen molar-refractivity contribution >= 4 is 33.8 Å². The highest BCUT2D eigenvalue weighted by molar-refractivity contribution is 7.80. The van der Waals surface area contributed by atoms with Crippen molar-refractivity contribution in [3.63, 3.8) is 0 Å². The lowest BCUT2D eigenvalue weighted by Crippen LogP contribution is -2.42. The van der Waals surface area contributed by atoms with Gasteiger partial charge >= 0.3 is 0 Å². The van der Waals surface area contributed by atoms with E-state index in [2.05, 4.69) is 59.2 Å². The summed E-state index contributed by atoms with van der Waals surface area (Å²) in [5.41, 5.74) is 6.49. The molecule has 0 aliphatic carbocycles. The van der Waals surface area contributed by atoms with Crippen LogP contribution in [0.4, 0.5) is 0 Å². The number of aromatic nitrogens is 1. The number of H-pyrrole nitrogens is 1. The SMILES string of the molecule is C=C(C)CNC(=S)N1CC=C(c2c[nH]c3c(CC)cccc23)CC1. The quantitative estimate of drug-likeness (QED) is 0.644. The zero-order chi connectivity index (χ0) is 17.1. The zero-order valence-corrected chi connectivity index (χ0v) is 15.3. The van der Waals surface area contributed by atoms with Gasteiger partial charge in [-0.1, -0.05) is 43.4 Å². The van der Waals surface area contributed by atoms with E-state index in [1.807, 2.05) is 6.92 Å². The summed E-state index contributed by atoms with van der Waals surface area (Å²) in [7, 11) is 0. The van der Waals surface area contributed by atoms with Crippen LogP contribution in [0.25, 0.3) is 16.5 Å². The average molecular weight is 340 g/mol. The summed E-state index contributed by atoms with van der Waals surface area (Å²) in [6.07, 6.45) is 6.52. The summed E-state index contributed by atoms with van der Waals surface area (Å²) in [6, 6.07) is 6.57. The van der Waals surface area contributed by atoms with Crippen LogP contribution in [0, 0.1) is 0 Å². The Labute approximate surface area is 149 Å². The summed E-state index contributed by atoms with van der Waals surface area (Å²) in [4.78, 5) is 5.69. The van der Waals surface area contributed by atoms with Gasteiger partial charge in [-0.3, -0.25) is 0 Å². The minimum atomic E-state index is 0.744. The number of nitrogens with one attached hydrogen (secondary N) is 2. The minimum absolute atomic E-state index is 0.744. The van der Waals surface area contributed by atoms with E-state index >= 15 is 0 Å².